The topological polar surface area (TPSA) is 83.6 Å². The van der Waals surface area contributed by atoms with Crippen LogP contribution in [0, 0.1) is 5.92 Å². The number of amides is 3. The average molecular weight is 346 g/mol. The van der Waals surface area contributed by atoms with Gasteiger partial charge in [0.2, 0.25) is 17.7 Å². The number of hydrogen-bond donors (Lipinski definition) is 1. The van der Waals surface area contributed by atoms with Crippen LogP contribution in [-0.4, -0.2) is 53.0 Å². The number of nitrogens with one attached hydrogen (secondary N) is 1. The minimum absolute atomic E-state index is 0.145. The molecule has 0 aromatic carbocycles. The second-order valence-electron chi connectivity index (χ2n) is 5.18. The number of carbonyl (C=O) groups excluding carboxylic acids is 4. The number of nitrogens with zero attached hydrogens (tertiary/aromatic N) is 1. The van der Waals surface area contributed by atoms with E-state index in [4.69, 9.17) is 0 Å². The van der Waals surface area contributed by atoms with Crippen molar-refractivity contribution in [2.75, 3.05) is 24.6 Å². The molecule has 1 atom stereocenters. The largest absolute Gasteiger partial charge is 0.355 e. The molecule has 6 nitrogen and oxygen atoms in total. The summed E-state index contributed by atoms with van der Waals surface area (Å²) >= 11 is 0. The van der Waals surface area contributed by atoms with Crippen molar-refractivity contribution < 1.29 is 19.2 Å². The highest BCUT2D eigenvalue weighted by molar-refractivity contribution is 8.76. The fourth-order valence-corrected chi connectivity index (χ4v) is 3.92. The minimum atomic E-state index is -0.265. The molecule has 3 amide bonds. The van der Waals surface area contributed by atoms with Crippen LogP contribution in [0.15, 0.2) is 0 Å². The quantitative estimate of drug-likeness (QED) is 0.364. The fourth-order valence-electron chi connectivity index (χ4n) is 1.92. The van der Waals surface area contributed by atoms with Gasteiger partial charge in [-0.2, -0.15) is 0 Å². The molecule has 0 aliphatic carbocycles. The van der Waals surface area contributed by atoms with Gasteiger partial charge in [-0.3, -0.25) is 24.1 Å². The maximum Gasteiger partial charge on any atom is 0.232 e. The van der Waals surface area contributed by atoms with Gasteiger partial charge in [0.05, 0.1) is 0 Å². The number of ketones is 1. The molecule has 0 aromatic rings. The second kappa shape index (κ2) is 9.89. The highest BCUT2D eigenvalue weighted by Gasteiger charge is 2.35. The van der Waals surface area contributed by atoms with E-state index in [0.717, 1.165) is 11.5 Å². The monoisotopic (exact) mass is 346 g/mol. The maximum atomic E-state index is 11.7. The van der Waals surface area contributed by atoms with Gasteiger partial charge in [-0.15, -0.1) is 0 Å². The summed E-state index contributed by atoms with van der Waals surface area (Å²) < 4.78 is 0. The number of rotatable bonds is 10. The highest BCUT2D eigenvalue weighted by atomic mass is 33.1. The molecule has 1 saturated heterocycles. The smallest absolute Gasteiger partial charge is 0.232 e. The van der Waals surface area contributed by atoms with Crippen LogP contribution in [0.1, 0.15) is 33.1 Å². The van der Waals surface area contributed by atoms with Gasteiger partial charge >= 0.3 is 0 Å². The van der Waals surface area contributed by atoms with Crippen LogP contribution >= 0.6 is 21.6 Å². The molecule has 0 radical (unpaired) electrons. The number of likely N-dealkylation sites (tertiary alicyclic amines) is 1. The molecule has 124 valence electrons. The predicted molar refractivity (Wildman–Crippen MR) is 88.3 cm³/mol. The Morgan fingerprint density at radius 2 is 1.91 bits per heavy atom. The fraction of sp³-hybridized carbons (Fsp3) is 0.714. The Bertz CT molecular complexity index is 443. The zero-order valence-electron chi connectivity index (χ0n) is 12.9. The molecule has 1 heterocycles. The van der Waals surface area contributed by atoms with Crippen LogP contribution in [0.4, 0.5) is 0 Å². The van der Waals surface area contributed by atoms with Crippen molar-refractivity contribution in [3.63, 3.8) is 0 Å². The number of carbonyl (C=O) groups is 4. The van der Waals surface area contributed by atoms with Gasteiger partial charge in [0, 0.05) is 49.8 Å². The summed E-state index contributed by atoms with van der Waals surface area (Å²) in [5, 5.41) is 2.76. The van der Waals surface area contributed by atoms with Gasteiger partial charge < -0.3 is 5.32 Å². The van der Waals surface area contributed by atoms with Crippen molar-refractivity contribution in [2.45, 2.75) is 33.1 Å². The summed E-state index contributed by atoms with van der Waals surface area (Å²) in [6.07, 6.45) is 0.960. The predicted octanol–water partition coefficient (Wildman–Crippen LogP) is 1.25. The molecule has 1 fully saturated rings. The lowest BCUT2D eigenvalue weighted by Gasteiger charge is -2.13. The van der Waals surface area contributed by atoms with Crippen LogP contribution in [0.3, 0.4) is 0 Å². The first-order valence-electron chi connectivity index (χ1n) is 7.26. The van der Waals surface area contributed by atoms with Crippen molar-refractivity contribution >= 4 is 45.1 Å². The third-order valence-corrected chi connectivity index (χ3v) is 5.57. The summed E-state index contributed by atoms with van der Waals surface area (Å²) in [5.74, 6) is 0.922. The molecule has 1 aliphatic heterocycles. The SMILES string of the molecule is CC(=O)CCSSCCNC(=O)CCN1C(=O)CC(C)C1=O. The van der Waals surface area contributed by atoms with E-state index in [1.54, 1.807) is 35.4 Å². The van der Waals surface area contributed by atoms with Gasteiger partial charge in [0.25, 0.3) is 0 Å². The third-order valence-electron chi connectivity index (χ3n) is 3.16. The average Bonchev–Trinajstić information content (AvgIpc) is 2.69. The number of Topliss-reactive ketones (excluding diaryl/α,β-unsaturated/α-hetero) is 1. The zero-order chi connectivity index (χ0) is 16.5. The maximum absolute atomic E-state index is 11.7. The Morgan fingerprint density at radius 1 is 1.23 bits per heavy atom. The summed E-state index contributed by atoms with van der Waals surface area (Å²) in [6.45, 7) is 3.99. The lowest BCUT2D eigenvalue weighted by Crippen LogP contribution is -2.35. The lowest BCUT2D eigenvalue weighted by molar-refractivity contribution is -0.139. The first-order chi connectivity index (χ1) is 10.4. The second-order valence-corrected chi connectivity index (χ2v) is 7.89. The van der Waals surface area contributed by atoms with E-state index < -0.39 is 0 Å². The zero-order valence-corrected chi connectivity index (χ0v) is 14.6. The normalized spacial score (nSPS) is 17.9. The standard InChI is InChI=1S/C14H22N2O4S2/c1-10-9-13(19)16(14(10)20)6-3-12(18)15-5-8-22-21-7-4-11(2)17/h10H,3-9H2,1-2H3,(H,15,18). The molecule has 0 saturated carbocycles. The Labute approximate surface area is 138 Å². The molecule has 1 rings (SSSR count). The summed E-state index contributed by atoms with van der Waals surface area (Å²) in [6, 6.07) is 0. The molecule has 0 bridgehead atoms. The van der Waals surface area contributed by atoms with Crippen LogP contribution < -0.4 is 5.32 Å². The van der Waals surface area contributed by atoms with Crippen LogP contribution in [0.2, 0.25) is 0 Å². The first kappa shape index (κ1) is 19.0. The molecule has 0 aromatic heterocycles. The van der Waals surface area contributed by atoms with E-state index in [9.17, 15) is 19.2 Å². The Balaban J connectivity index is 2.06. The molecule has 22 heavy (non-hydrogen) atoms. The van der Waals surface area contributed by atoms with E-state index in [0.29, 0.717) is 13.0 Å². The Kier molecular flexibility index (Phi) is 8.55. The van der Waals surface area contributed by atoms with Gasteiger partial charge in [0.1, 0.15) is 5.78 Å². The van der Waals surface area contributed by atoms with Crippen molar-refractivity contribution in [3.05, 3.63) is 0 Å². The van der Waals surface area contributed by atoms with E-state index in [2.05, 4.69) is 5.32 Å². The Hall–Kier alpha value is -1.02. The lowest BCUT2D eigenvalue weighted by atomic mass is 10.1. The van der Waals surface area contributed by atoms with Crippen molar-refractivity contribution in [1.82, 2.24) is 10.2 Å². The van der Waals surface area contributed by atoms with E-state index in [-0.39, 0.29) is 48.8 Å². The molecule has 1 unspecified atom stereocenters. The van der Waals surface area contributed by atoms with E-state index >= 15 is 0 Å². The third kappa shape index (κ3) is 6.83. The molecule has 0 spiro atoms. The van der Waals surface area contributed by atoms with Gasteiger partial charge in [-0.1, -0.05) is 28.5 Å². The summed E-state index contributed by atoms with van der Waals surface area (Å²) in [4.78, 5) is 46.8. The highest BCUT2D eigenvalue weighted by Crippen LogP contribution is 2.21. The van der Waals surface area contributed by atoms with Crippen LogP contribution in [-0.2, 0) is 19.2 Å². The molecular formula is C14H22N2O4S2. The van der Waals surface area contributed by atoms with Crippen molar-refractivity contribution in [3.8, 4) is 0 Å². The summed E-state index contributed by atoms with van der Waals surface area (Å²) in [5.41, 5.74) is 0. The van der Waals surface area contributed by atoms with Crippen molar-refractivity contribution in [1.29, 1.82) is 0 Å². The number of hydrogen-bond acceptors (Lipinski definition) is 6. The van der Waals surface area contributed by atoms with Crippen LogP contribution in [0.5, 0.6) is 0 Å². The van der Waals surface area contributed by atoms with E-state index in [1.807, 2.05) is 0 Å². The van der Waals surface area contributed by atoms with Gasteiger partial charge in [0.15, 0.2) is 0 Å². The van der Waals surface area contributed by atoms with E-state index in [1.165, 1.54) is 4.90 Å². The van der Waals surface area contributed by atoms with Crippen LogP contribution in [0.25, 0.3) is 0 Å². The summed E-state index contributed by atoms with van der Waals surface area (Å²) in [7, 11) is 3.23. The Morgan fingerprint density at radius 3 is 2.50 bits per heavy atom. The van der Waals surface area contributed by atoms with Gasteiger partial charge in [-0.05, 0) is 6.92 Å². The molecule has 1 aliphatic rings. The first-order valence-corrected chi connectivity index (χ1v) is 9.75. The molecule has 8 heteroatoms. The van der Waals surface area contributed by atoms with Gasteiger partial charge in [-0.25, -0.2) is 0 Å². The molecular weight excluding hydrogens is 324 g/mol. The van der Waals surface area contributed by atoms with Crippen molar-refractivity contribution in [2.24, 2.45) is 5.92 Å². The minimum Gasteiger partial charge on any atom is -0.355 e. The number of imide groups is 1. The molecule has 1 N–H and O–H groups in total.